The number of rotatable bonds is 4. The Morgan fingerprint density at radius 2 is 1.59 bits per heavy atom. The monoisotopic (exact) mass is 363 g/mol. The van der Waals surface area contributed by atoms with E-state index in [4.69, 9.17) is 4.74 Å². The number of anilines is 2. The molecule has 2 aromatic rings. The third-order valence-electron chi connectivity index (χ3n) is 5.94. The summed E-state index contributed by atoms with van der Waals surface area (Å²) in [6.45, 7) is 2.23. The average molecular weight is 364 g/mol. The highest BCUT2D eigenvalue weighted by Gasteiger charge is 2.24. The van der Waals surface area contributed by atoms with Gasteiger partial charge in [0.25, 0.3) is 0 Å². The Kier molecular flexibility index (Phi) is 5.47. The Morgan fingerprint density at radius 1 is 0.963 bits per heavy atom. The lowest BCUT2D eigenvalue weighted by Crippen LogP contribution is -2.05. The summed E-state index contributed by atoms with van der Waals surface area (Å²) in [6.07, 6.45) is 10.5. The molecule has 0 saturated heterocycles. The first-order valence-electron chi connectivity index (χ1n) is 10.4. The predicted molar refractivity (Wildman–Crippen MR) is 110 cm³/mol. The molecule has 1 N–H and O–H groups in total. The van der Waals surface area contributed by atoms with Crippen molar-refractivity contribution < 1.29 is 9.53 Å². The molecule has 0 heterocycles. The van der Waals surface area contributed by atoms with Gasteiger partial charge in [0, 0.05) is 11.4 Å². The van der Waals surface area contributed by atoms with E-state index in [9.17, 15) is 4.79 Å². The van der Waals surface area contributed by atoms with Crippen LogP contribution in [-0.4, -0.2) is 12.6 Å². The summed E-state index contributed by atoms with van der Waals surface area (Å²) in [7, 11) is 0. The summed E-state index contributed by atoms with van der Waals surface area (Å²) < 4.78 is 5.06. The molecular formula is C24H29NO2. The standard InChI is InChI=1S/C24H29NO2/c1-2-27-24(26)18-11-13-21(14-12-18)25-22-15-19-9-5-3-7-17-8-4-6-10-20(16-22)23(17)19/h11-17,25H,2-10H2,1H3. The summed E-state index contributed by atoms with van der Waals surface area (Å²) in [4.78, 5) is 11.8. The predicted octanol–water partition coefficient (Wildman–Crippen LogP) is 6.14. The second-order valence-electron chi connectivity index (χ2n) is 7.82. The Balaban J connectivity index is 1.59. The summed E-state index contributed by atoms with van der Waals surface area (Å²) >= 11 is 0. The van der Waals surface area contributed by atoms with E-state index in [2.05, 4.69) is 17.4 Å². The second-order valence-corrected chi connectivity index (χ2v) is 7.82. The van der Waals surface area contributed by atoms with Crippen molar-refractivity contribution in [1.82, 2.24) is 0 Å². The molecule has 3 nitrogen and oxygen atoms in total. The second kappa shape index (κ2) is 8.16. The molecule has 0 spiro atoms. The number of benzene rings is 2. The molecule has 2 aliphatic rings. The Hall–Kier alpha value is -2.29. The molecule has 0 aliphatic heterocycles. The van der Waals surface area contributed by atoms with E-state index >= 15 is 0 Å². The quantitative estimate of drug-likeness (QED) is 0.663. The fourth-order valence-corrected chi connectivity index (χ4v) is 4.71. The van der Waals surface area contributed by atoms with Crippen LogP contribution in [0.15, 0.2) is 36.4 Å². The molecule has 4 rings (SSSR count). The van der Waals surface area contributed by atoms with Gasteiger partial charge in [-0.25, -0.2) is 4.79 Å². The minimum absolute atomic E-state index is 0.263. The minimum atomic E-state index is -0.263. The number of aryl methyl sites for hydroxylation is 2. The molecule has 0 bridgehead atoms. The van der Waals surface area contributed by atoms with Crippen molar-refractivity contribution in [3.05, 3.63) is 58.7 Å². The van der Waals surface area contributed by atoms with Gasteiger partial charge in [-0.3, -0.25) is 0 Å². The van der Waals surface area contributed by atoms with Crippen LogP contribution in [-0.2, 0) is 17.6 Å². The molecule has 142 valence electrons. The number of carbonyl (C=O) groups excluding carboxylic acids is 1. The van der Waals surface area contributed by atoms with Crippen LogP contribution >= 0.6 is 0 Å². The highest BCUT2D eigenvalue weighted by atomic mass is 16.5. The first-order valence-corrected chi connectivity index (χ1v) is 10.4. The highest BCUT2D eigenvalue weighted by Crippen LogP contribution is 2.41. The van der Waals surface area contributed by atoms with E-state index in [1.54, 1.807) is 16.7 Å². The van der Waals surface area contributed by atoms with Crippen LogP contribution in [0.25, 0.3) is 0 Å². The molecule has 0 fully saturated rings. The summed E-state index contributed by atoms with van der Waals surface area (Å²) in [5, 5.41) is 3.55. The third-order valence-corrected chi connectivity index (χ3v) is 5.94. The molecule has 0 saturated carbocycles. The summed E-state index contributed by atoms with van der Waals surface area (Å²) in [5.41, 5.74) is 7.57. The van der Waals surface area contributed by atoms with Gasteiger partial charge in [0.15, 0.2) is 0 Å². The molecular weight excluding hydrogens is 334 g/mol. The fraction of sp³-hybridized carbons (Fsp3) is 0.458. The number of carbonyl (C=O) groups is 1. The Bertz CT molecular complexity index is 777. The first-order chi connectivity index (χ1) is 13.2. The van der Waals surface area contributed by atoms with E-state index in [0.717, 1.165) is 11.6 Å². The van der Waals surface area contributed by atoms with Crippen molar-refractivity contribution in [2.24, 2.45) is 0 Å². The largest absolute Gasteiger partial charge is 0.462 e. The van der Waals surface area contributed by atoms with E-state index in [1.807, 2.05) is 31.2 Å². The van der Waals surface area contributed by atoms with E-state index in [0.29, 0.717) is 12.2 Å². The van der Waals surface area contributed by atoms with Crippen LogP contribution in [0.1, 0.15) is 78.4 Å². The van der Waals surface area contributed by atoms with Gasteiger partial charge in [0.1, 0.15) is 0 Å². The normalized spacial score (nSPS) is 16.8. The van der Waals surface area contributed by atoms with Gasteiger partial charge in [0.2, 0.25) is 0 Å². The van der Waals surface area contributed by atoms with Crippen LogP contribution in [0, 0.1) is 0 Å². The van der Waals surface area contributed by atoms with Gasteiger partial charge in [0.05, 0.1) is 12.2 Å². The molecule has 0 atom stereocenters. The molecule has 0 aromatic heterocycles. The minimum Gasteiger partial charge on any atom is -0.462 e. The molecule has 0 radical (unpaired) electrons. The summed E-state index contributed by atoms with van der Waals surface area (Å²) in [5.74, 6) is 0.513. The third kappa shape index (κ3) is 4.02. The first kappa shape index (κ1) is 18.1. The number of hydrogen-bond acceptors (Lipinski definition) is 3. The Labute approximate surface area is 162 Å². The fourth-order valence-electron chi connectivity index (χ4n) is 4.71. The average Bonchev–Trinajstić information content (AvgIpc) is 3.00. The van der Waals surface area contributed by atoms with Crippen molar-refractivity contribution in [1.29, 1.82) is 0 Å². The van der Waals surface area contributed by atoms with Gasteiger partial charge < -0.3 is 10.1 Å². The SMILES string of the molecule is CCOC(=O)c1ccc(Nc2cc3c4c(c2)CCCCC4CCCC3)cc1. The maximum absolute atomic E-state index is 11.8. The molecule has 27 heavy (non-hydrogen) atoms. The van der Waals surface area contributed by atoms with Crippen molar-refractivity contribution in [2.45, 2.75) is 64.2 Å². The lowest BCUT2D eigenvalue weighted by atomic mass is 9.87. The molecule has 3 heteroatoms. The zero-order chi connectivity index (χ0) is 18.6. The maximum Gasteiger partial charge on any atom is 0.338 e. The summed E-state index contributed by atoms with van der Waals surface area (Å²) in [6, 6.07) is 12.3. The van der Waals surface area contributed by atoms with E-state index in [1.165, 1.54) is 57.1 Å². The van der Waals surface area contributed by atoms with Crippen molar-refractivity contribution in [3.63, 3.8) is 0 Å². The number of ether oxygens (including phenoxy) is 1. The van der Waals surface area contributed by atoms with Gasteiger partial charge in [-0.1, -0.05) is 12.8 Å². The van der Waals surface area contributed by atoms with Crippen LogP contribution in [0.4, 0.5) is 11.4 Å². The van der Waals surface area contributed by atoms with Crippen molar-refractivity contribution in [2.75, 3.05) is 11.9 Å². The zero-order valence-electron chi connectivity index (χ0n) is 16.2. The van der Waals surface area contributed by atoms with Gasteiger partial charge >= 0.3 is 5.97 Å². The number of esters is 1. The number of hydrogen-bond donors (Lipinski definition) is 1. The molecule has 2 aliphatic carbocycles. The van der Waals surface area contributed by atoms with Crippen molar-refractivity contribution >= 4 is 17.3 Å². The molecule has 0 amide bonds. The topological polar surface area (TPSA) is 38.3 Å². The smallest absolute Gasteiger partial charge is 0.338 e. The van der Waals surface area contributed by atoms with Crippen molar-refractivity contribution in [3.8, 4) is 0 Å². The van der Waals surface area contributed by atoms with Crippen LogP contribution in [0.2, 0.25) is 0 Å². The Morgan fingerprint density at radius 3 is 2.19 bits per heavy atom. The zero-order valence-corrected chi connectivity index (χ0v) is 16.2. The van der Waals surface area contributed by atoms with Crippen LogP contribution < -0.4 is 5.32 Å². The lowest BCUT2D eigenvalue weighted by molar-refractivity contribution is 0.0526. The van der Waals surface area contributed by atoms with Gasteiger partial charge in [-0.05, 0) is 104 Å². The van der Waals surface area contributed by atoms with E-state index in [-0.39, 0.29) is 5.97 Å². The van der Waals surface area contributed by atoms with Gasteiger partial charge in [-0.15, -0.1) is 0 Å². The molecule has 0 unspecified atom stereocenters. The van der Waals surface area contributed by atoms with E-state index < -0.39 is 0 Å². The number of nitrogens with one attached hydrogen (secondary N) is 1. The maximum atomic E-state index is 11.8. The highest BCUT2D eigenvalue weighted by molar-refractivity contribution is 5.89. The van der Waals surface area contributed by atoms with Crippen LogP contribution in [0.5, 0.6) is 0 Å². The van der Waals surface area contributed by atoms with Gasteiger partial charge in [-0.2, -0.15) is 0 Å². The lowest BCUT2D eigenvalue weighted by Gasteiger charge is -2.20. The van der Waals surface area contributed by atoms with Crippen LogP contribution in [0.3, 0.4) is 0 Å². The molecule has 2 aromatic carbocycles.